The van der Waals surface area contributed by atoms with Crippen molar-refractivity contribution in [1.82, 2.24) is 0 Å². The van der Waals surface area contributed by atoms with Crippen LogP contribution >= 0.6 is 0 Å². The van der Waals surface area contributed by atoms with E-state index in [1.54, 1.807) is 0 Å². The first-order valence-corrected chi connectivity index (χ1v) is 8.11. The third-order valence-electron chi connectivity index (χ3n) is 4.35. The molecule has 0 unspecified atom stereocenters. The van der Waals surface area contributed by atoms with E-state index in [1.807, 2.05) is 20.8 Å². The molecule has 0 bridgehead atoms. The largest absolute Gasteiger partial charge is 0.299 e. The maximum atomic E-state index is 12.9. The van der Waals surface area contributed by atoms with E-state index < -0.39 is 0 Å². The summed E-state index contributed by atoms with van der Waals surface area (Å²) in [6.45, 7) is 12.6. The van der Waals surface area contributed by atoms with E-state index in [1.165, 1.54) is 16.3 Å². The van der Waals surface area contributed by atoms with Crippen molar-refractivity contribution in [3.05, 3.63) is 48.0 Å². The van der Waals surface area contributed by atoms with E-state index in [4.69, 9.17) is 0 Å². The van der Waals surface area contributed by atoms with E-state index in [0.717, 1.165) is 6.42 Å². The van der Waals surface area contributed by atoms with Gasteiger partial charge in [-0.15, -0.1) is 0 Å². The Morgan fingerprint density at radius 3 is 2.05 bits per heavy atom. The van der Waals surface area contributed by atoms with Crippen molar-refractivity contribution in [1.29, 1.82) is 0 Å². The van der Waals surface area contributed by atoms with Gasteiger partial charge < -0.3 is 0 Å². The van der Waals surface area contributed by atoms with Crippen molar-refractivity contribution in [2.24, 2.45) is 16.7 Å². The Balaban J connectivity index is 2.35. The van der Waals surface area contributed by atoms with Gasteiger partial charge in [0.1, 0.15) is 5.78 Å². The molecule has 118 valence electrons. The summed E-state index contributed by atoms with van der Waals surface area (Å²) in [5, 5.41) is 2.50. The summed E-state index contributed by atoms with van der Waals surface area (Å²) in [5.41, 5.74) is 0.918. The van der Waals surface area contributed by atoms with Crippen molar-refractivity contribution >= 4 is 16.6 Å². The van der Waals surface area contributed by atoms with Gasteiger partial charge in [-0.2, -0.15) is 0 Å². The Kier molecular flexibility index (Phi) is 4.47. The van der Waals surface area contributed by atoms with E-state index in [-0.39, 0.29) is 16.7 Å². The average Bonchev–Trinajstić information content (AvgIpc) is 2.41. The first-order valence-electron chi connectivity index (χ1n) is 8.11. The number of hydrogen-bond donors (Lipinski definition) is 0. The number of carbonyl (C=O) groups is 1. The van der Waals surface area contributed by atoms with E-state index in [9.17, 15) is 4.79 Å². The van der Waals surface area contributed by atoms with Crippen LogP contribution in [0.1, 0.15) is 47.1 Å². The first-order chi connectivity index (χ1) is 10.1. The summed E-state index contributed by atoms with van der Waals surface area (Å²) in [7, 11) is 0. The molecule has 1 atom stereocenters. The van der Waals surface area contributed by atoms with Gasteiger partial charge in [0.2, 0.25) is 0 Å². The van der Waals surface area contributed by atoms with Crippen LogP contribution in [-0.4, -0.2) is 5.78 Å². The summed E-state index contributed by atoms with van der Waals surface area (Å²) in [5.74, 6) is 0.391. The number of hydrogen-bond acceptors (Lipinski definition) is 1. The third kappa shape index (κ3) is 3.76. The Morgan fingerprint density at radius 1 is 0.909 bits per heavy atom. The highest BCUT2D eigenvalue weighted by Gasteiger charge is 2.37. The van der Waals surface area contributed by atoms with Crippen molar-refractivity contribution in [3.63, 3.8) is 0 Å². The molecular weight excluding hydrogens is 268 g/mol. The molecule has 0 saturated carbocycles. The van der Waals surface area contributed by atoms with E-state index >= 15 is 0 Å². The zero-order valence-electron chi connectivity index (χ0n) is 14.7. The topological polar surface area (TPSA) is 17.1 Å². The quantitative estimate of drug-likeness (QED) is 0.714. The van der Waals surface area contributed by atoms with Crippen LogP contribution in [0.15, 0.2) is 42.5 Å². The zero-order chi connectivity index (χ0) is 16.5. The molecule has 22 heavy (non-hydrogen) atoms. The number of fused-ring (bicyclic) bond motifs is 1. The molecule has 1 heteroatoms. The summed E-state index contributed by atoms with van der Waals surface area (Å²) >= 11 is 0. The van der Waals surface area contributed by atoms with Crippen LogP contribution in [0.4, 0.5) is 0 Å². The Labute approximate surface area is 134 Å². The minimum absolute atomic E-state index is 0.0317. The molecule has 2 aromatic carbocycles. The molecule has 0 aliphatic carbocycles. The summed E-state index contributed by atoms with van der Waals surface area (Å²) in [6.07, 6.45) is 0.810. The van der Waals surface area contributed by atoms with Crippen LogP contribution in [0.2, 0.25) is 0 Å². The Hall–Kier alpha value is -1.63. The molecule has 2 aromatic rings. The normalized spacial score (nSPS) is 14.1. The Morgan fingerprint density at radius 2 is 1.50 bits per heavy atom. The predicted molar refractivity (Wildman–Crippen MR) is 95.1 cm³/mol. The molecule has 0 radical (unpaired) electrons. The molecular formula is C21H28O. The van der Waals surface area contributed by atoms with Crippen LogP contribution in [0.25, 0.3) is 10.8 Å². The smallest absolute Gasteiger partial charge is 0.142 e. The summed E-state index contributed by atoms with van der Waals surface area (Å²) in [4.78, 5) is 12.9. The monoisotopic (exact) mass is 296 g/mol. The number of Topliss-reactive ketones (excluding diaryl/α,β-unsaturated/α-hetero) is 1. The van der Waals surface area contributed by atoms with Crippen molar-refractivity contribution in [3.8, 4) is 0 Å². The van der Waals surface area contributed by atoms with Crippen LogP contribution in [-0.2, 0) is 11.2 Å². The fraction of sp³-hybridized carbons (Fsp3) is 0.476. The highest BCUT2D eigenvalue weighted by atomic mass is 16.1. The second-order valence-electron chi connectivity index (χ2n) is 8.42. The molecule has 0 saturated heterocycles. The van der Waals surface area contributed by atoms with Gasteiger partial charge in [0.05, 0.1) is 0 Å². The minimum Gasteiger partial charge on any atom is -0.299 e. The second-order valence-corrected chi connectivity index (χ2v) is 8.42. The first kappa shape index (κ1) is 16.7. The second kappa shape index (κ2) is 5.87. The van der Waals surface area contributed by atoms with Crippen LogP contribution in [0, 0.1) is 16.7 Å². The van der Waals surface area contributed by atoms with Gasteiger partial charge in [-0.3, -0.25) is 4.79 Å². The fourth-order valence-corrected chi connectivity index (χ4v) is 2.92. The molecule has 0 heterocycles. The lowest BCUT2D eigenvalue weighted by molar-refractivity contribution is -0.133. The van der Waals surface area contributed by atoms with E-state index in [2.05, 4.69) is 63.2 Å². The number of ketones is 1. The van der Waals surface area contributed by atoms with Gasteiger partial charge in [-0.1, -0.05) is 84.0 Å². The Bertz CT molecular complexity index is 668. The lowest BCUT2D eigenvalue weighted by atomic mass is 9.69. The highest BCUT2D eigenvalue weighted by Crippen LogP contribution is 2.35. The van der Waals surface area contributed by atoms with Gasteiger partial charge in [0.25, 0.3) is 0 Å². The van der Waals surface area contributed by atoms with E-state index in [0.29, 0.717) is 5.78 Å². The molecule has 0 spiro atoms. The lowest BCUT2D eigenvalue weighted by Crippen LogP contribution is -2.37. The van der Waals surface area contributed by atoms with Gasteiger partial charge in [0.15, 0.2) is 0 Å². The number of rotatable bonds is 3. The van der Waals surface area contributed by atoms with Gasteiger partial charge >= 0.3 is 0 Å². The molecule has 0 aliphatic heterocycles. The fourth-order valence-electron chi connectivity index (χ4n) is 2.92. The van der Waals surface area contributed by atoms with Crippen LogP contribution < -0.4 is 0 Å². The standard InChI is InChI=1S/C21H28O/c1-20(2,3)18(19(22)21(4,5)6)14-15-11-12-16-9-7-8-10-17(16)13-15/h7-13,18H,14H2,1-6H3/t18-/m0/s1. The number of benzene rings is 2. The maximum Gasteiger partial charge on any atom is 0.142 e. The molecule has 0 fully saturated rings. The lowest BCUT2D eigenvalue weighted by Gasteiger charge is -2.34. The molecule has 2 rings (SSSR count). The SMILES string of the molecule is CC(C)(C)C(=O)[C@H](Cc1ccc2ccccc2c1)C(C)(C)C. The predicted octanol–water partition coefficient (Wildman–Crippen LogP) is 5.66. The zero-order valence-corrected chi connectivity index (χ0v) is 14.7. The summed E-state index contributed by atoms with van der Waals surface area (Å²) in [6, 6.07) is 14.9. The van der Waals surface area contributed by atoms with Crippen LogP contribution in [0.3, 0.4) is 0 Å². The third-order valence-corrected chi connectivity index (χ3v) is 4.35. The molecule has 0 aromatic heterocycles. The average molecular weight is 296 g/mol. The van der Waals surface area contributed by atoms with Gasteiger partial charge in [0, 0.05) is 11.3 Å². The molecule has 1 nitrogen and oxygen atoms in total. The maximum absolute atomic E-state index is 12.9. The molecule has 0 amide bonds. The molecule has 0 aliphatic rings. The minimum atomic E-state index is -0.297. The van der Waals surface area contributed by atoms with Crippen molar-refractivity contribution in [2.75, 3.05) is 0 Å². The van der Waals surface area contributed by atoms with Crippen molar-refractivity contribution < 1.29 is 4.79 Å². The highest BCUT2D eigenvalue weighted by molar-refractivity contribution is 5.87. The number of carbonyl (C=O) groups excluding carboxylic acids is 1. The van der Waals surface area contributed by atoms with Gasteiger partial charge in [-0.05, 0) is 28.2 Å². The van der Waals surface area contributed by atoms with Gasteiger partial charge in [-0.25, -0.2) is 0 Å². The summed E-state index contributed by atoms with van der Waals surface area (Å²) < 4.78 is 0. The molecule has 0 N–H and O–H groups in total. The van der Waals surface area contributed by atoms with Crippen LogP contribution in [0.5, 0.6) is 0 Å². The van der Waals surface area contributed by atoms with Crippen molar-refractivity contribution in [2.45, 2.75) is 48.0 Å².